The number of ether oxygens (including phenoxy) is 1. The summed E-state index contributed by atoms with van der Waals surface area (Å²) in [5, 5.41) is 44.1. The van der Waals surface area contributed by atoms with Crippen molar-refractivity contribution in [3.8, 4) is 43.4 Å². The van der Waals surface area contributed by atoms with Crippen LogP contribution in [-0.4, -0.2) is 112 Å². The van der Waals surface area contributed by atoms with E-state index in [2.05, 4.69) is 36.6 Å². The number of benzene rings is 1. The van der Waals surface area contributed by atoms with Gasteiger partial charge in [0, 0.05) is 64.7 Å². The van der Waals surface area contributed by atoms with Crippen molar-refractivity contribution in [1.29, 1.82) is 0 Å². The first-order chi connectivity index (χ1) is 40.4. The van der Waals surface area contributed by atoms with Crippen molar-refractivity contribution >= 4 is 115 Å². The lowest BCUT2D eigenvalue weighted by Gasteiger charge is -2.23. The number of carboxylic acid groups (broad SMARTS) is 1. The van der Waals surface area contributed by atoms with Gasteiger partial charge in [0.05, 0.1) is 46.8 Å². The van der Waals surface area contributed by atoms with Crippen molar-refractivity contribution < 1.29 is 48.5 Å². The number of rotatable bonds is 11. The highest BCUT2D eigenvalue weighted by Crippen LogP contribution is 2.41. The second-order valence-corrected chi connectivity index (χ2v) is 25.0. The molecule has 4 atom stereocenters. The summed E-state index contributed by atoms with van der Waals surface area (Å²) in [6, 6.07) is 12.7. The molecule has 1 aliphatic rings. The number of aliphatic hydroxyl groups excluding tert-OH is 1. The maximum atomic E-state index is 14.4. The van der Waals surface area contributed by atoms with Crippen LogP contribution >= 0.6 is 68.0 Å². The molecule has 84 heavy (non-hydrogen) atoms. The number of thiazole rings is 6. The number of ketones is 1. The number of methoxy groups -OCH3 is 1. The van der Waals surface area contributed by atoms with E-state index in [1.54, 1.807) is 70.9 Å². The van der Waals surface area contributed by atoms with Gasteiger partial charge in [-0.2, -0.15) is 0 Å². The van der Waals surface area contributed by atoms with Gasteiger partial charge in [0.2, 0.25) is 11.8 Å². The van der Waals surface area contributed by atoms with Gasteiger partial charge in [0.1, 0.15) is 82.9 Å². The minimum atomic E-state index is -1.28. The Bertz CT molecular complexity index is 3960. The summed E-state index contributed by atoms with van der Waals surface area (Å²) in [7, 11) is 2.95. The first-order valence-electron chi connectivity index (χ1n) is 25.6. The number of aryl methyl sites for hydroxylation is 1. The van der Waals surface area contributed by atoms with Crippen molar-refractivity contribution in [3.63, 3.8) is 0 Å². The van der Waals surface area contributed by atoms with Crippen LogP contribution in [0.15, 0.2) is 82.3 Å². The maximum absolute atomic E-state index is 14.4. The van der Waals surface area contributed by atoms with Crippen molar-refractivity contribution in [3.05, 3.63) is 141 Å². The van der Waals surface area contributed by atoms with E-state index in [1.807, 2.05) is 13.8 Å². The van der Waals surface area contributed by atoms with Crippen LogP contribution < -0.4 is 26.6 Å². The molecule has 0 fully saturated rings. The summed E-state index contributed by atoms with van der Waals surface area (Å²) < 4.78 is 5.46. The maximum Gasteiger partial charge on any atom is 0.354 e. The second-order valence-electron chi connectivity index (χ2n) is 19.1. The number of hydrogen-bond acceptors (Lipinski definition) is 23. The average molecular weight is 1240 g/mol. The molecule has 1 aromatic carbocycles. The fourth-order valence-electron chi connectivity index (χ4n) is 8.74. The molecule has 10 bridgehead atoms. The minimum absolute atomic E-state index is 0.0194. The number of carboxylic acids is 1. The number of carbonyl (C=O) groups excluding carboxylic acids is 6. The lowest BCUT2D eigenvalue weighted by atomic mass is 9.90. The summed E-state index contributed by atoms with van der Waals surface area (Å²) in [5.41, 5.74) is 2.60. The summed E-state index contributed by atoms with van der Waals surface area (Å²) in [4.78, 5) is 133. The summed E-state index contributed by atoms with van der Waals surface area (Å²) in [6.45, 7) is 5.13. The van der Waals surface area contributed by atoms with E-state index in [1.165, 1.54) is 83.0 Å². The zero-order chi connectivity index (χ0) is 59.3. The number of Topliss-reactive ketones (excluding diaryl/α,β-unsaturated/α-hetero) is 1. The Balaban J connectivity index is 1.04. The number of aromatic carboxylic acids is 1. The molecule has 10 rings (SSSR count). The fourth-order valence-corrected chi connectivity index (χ4v) is 14.3. The van der Waals surface area contributed by atoms with Crippen LogP contribution in [-0.2, 0) is 20.9 Å². The Kier molecular flexibility index (Phi) is 18.0. The van der Waals surface area contributed by atoms with Crippen LogP contribution in [0.3, 0.4) is 0 Å². The van der Waals surface area contributed by atoms with Gasteiger partial charge >= 0.3 is 5.97 Å². The molecule has 430 valence electrons. The SMILES string of the molecule is CNC(=O)C[C@@H]1NC(=O)c2csc(n2)-c2ccc(-c3nc(NC(=O)c4ccc(C(=O)O)nc4)cs3)nc2-c2csc(n2)-c2csc(n2)[C@H]([C@@H](O)c2ccccc2)NC(=O)CNC(=O)c2nc(sc2COC)[C@H](C(C)C)CC(=O)c2nc1sc2C. The van der Waals surface area contributed by atoms with E-state index in [-0.39, 0.29) is 65.3 Å². The smallest absolute Gasteiger partial charge is 0.354 e. The zero-order valence-electron chi connectivity index (χ0n) is 45.0. The fraction of sp³-hybridized carbons (Fsp3) is 0.255. The molecule has 0 radical (unpaired) electrons. The van der Waals surface area contributed by atoms with Crippen LogP contribution in [0.5, 0.6) is 0 Å². The van der Waals surface area contributed by atoms with E-state index in [4.69, 9.17) is 34.6 Å². The number of fused-ring (bicyclic) bond motifs is 14. The zero-order valence-corrected chi connectivity index (χ0v) is 49.9. The van der Waals surface area contributed by atoms with Crippen molar-refractivity contribution in [1.82, 2.24) is 61.1 Å². The van der Waals surface area contributed by atoms with Crippen LogP contribution in [0.25, 0.3) is 43.4 Å². The summed E-state index contributed by atoms with van der Waals surface area (Å²) >= 11 is 7.18. The number of nitrogens with zero attached hydrogens (tertiary/aromatic N) is 8. The van der Waals surface area contributed by atoms with Gasteiger partial charge in [-0.05, 0) is 42.7 Å². The molecular weight excluding hydrogens is 1200 g/mol. The predicted octanol–water partition coefficient (Wildman–Crippen LogP) is 8.54. The normalized spacial score (nSPS) is 16.3. The van der Waals surface area contributed by atoms with Crippen LogP contribution in [0.4, 0.5) is 5.82 Å². The predicted molar refractivity (Wildman–Crippen MR) is 318 cm³/mol. The van der Waals surface area contributed by atoms with Gasteiger partial charge in [-0.1, -0.05) is 44.2 Å². The molecule has 23 nitrogen and oxygen atoms in total. The Hall–Kier alpha value is -8.29. The second kappa shape index (κ2) is 25.7. The molecule has 0 unspecified atom stereocenters. The third kappa shape index (κ3) is 13.1. The largest absolute Gasteiger partial charge is 0.477 e. The van der Waals surface area contributed by atoms with Gasteiger partial charge in [-0.15, -0.1) is 68.0 Å². The first kappa shape index (κ1) is 58.9. The molecule has 0 saturated carbocycles. The van der Waals surface area contributed by atoms with Gasteiger partial charge in [0.25, 0.3) is 17.7 Å². The van der Waals surface area contributed by atoms with Crippen molar-refractivity contribution in [2.24, 2.45) is 5.92 Å². The van der Waals surface area contributed by atoms with Gasteiger partial charge < -0.3 is 41.5 Å². The van der Waals surface area contributed by atoms with Gasteiger partial charge in [-0.3, -0.25) is 28.8 Å². The third-order valence-electron chi connectivity index (χ3n) is 13.1. The highest BCUT2D eigenvalue weighted by atomic mass is 32.1. The number of aromatic nitrogens is 8. The lowest BCUT2D eigenvalue weighted by Crippen LogP contribution is -2.40. The minimum Gasteiger partial charge on any atom is -0.477 e. The molecule has 7 N–H and O–H groups in total. The van der Waals surface area contributed by atoms with E-state index in [0.29, 0.717) is 73.7 Å². The molecule has 8 aromatic heterocycles. The topological polar surface area (TPSA) is 332 Å². The molecule has 1 aliphatic heterocycles. The number of carbonyl (C=O) groups is 7. The van der Waals surface area contributed by atoms with E-state index < -0.39 is 66.2 Å². The number of nitrogens with one attached hydrogen (secondary N) is 5. The standard InChI is InChI=1S/C55H49N13O10S6/c1-24(2)29-15-36(69)41-25(3)83-53(67-41)32(16-39(70)56-4)60-47(74)34-21-79-49(62-34)28-12-14-30(51-65-38(23-82-51)64-46(73)27-11-13-31(55(76)77)57-17-27)59-42(28)33-20-80-52(61-33)35-22-81-54(63-35)44(45(72)26-9-7-6-8-10-26)66-40(71)18-58-48(75)43-37(19-78-5)84-50(29)68-43/h6-14,17,20-24,29,32,44-45,72H,15-16,18-19H2,1-5H3,(H,56,70)(H,58,75)(H,60,74)(H,64,73)(H,66,71)(H,76,77)/t29-,32-,44-,45-/m0/s1. The number of aliphatic hydroxyl groups is 1. The number of amides is 5. The van der Waals surface area contributed by atoms with Crippen molar-refractivity contribution in [2.45, 2.75) is 64.3 Å². The summed E-state index contributed by atoms with van der Waals surface area (Å²) in [6.07, 6.45) is -0.384. The summed E-state index contributed by atoms with van der Waals surface area (Å²) in [5.74, 6) is -4.85. The van der Waals surface area contributed by atoms with E-state index in [9.17, 15) is 43.8 Å². The molecule has 9 aromatic rings. The number of pyridine rings is 2. The Morgan fingerprint density at radius 2 is 1.46 bits per heavy atom. The highest BCUT2D eigenvalue weighted by Gasteiger charge is 2.33. The molecular formula is C55H49N13O10S6. The molecule has 29 heteroatoms. The Labute approximate surface area is 502 Å². The van der Waals surface area contributed by atoms with Crippen LogP contribution in [0, 0.1) is 12.8 Å². The third-order valence-corrected chi connectivity index (χ3v) is 18.9. The number of hydrogen-bond donors (Lipinski definition) is 7. The van der Waals surface area contributed by atoms with Crippen LogP contribution in [0.2, 0.25) is 0 Å². The van der Waals surface area contributed by atoms with Crippen LogP contribution in [0.1, 0.15) is 133 Å². The van der Waals surface area contributed by atoms with Gasteiger partial charge in [-0.25, -0.2) is 44.7 Å². The average Bonchev–Trinajstić information content (AvgIpc) is 3.76. The monoisotopic (exact) mass is 1240 g/mol. The lowest BCUT2D eigenvalue weighted by molar-refractivity contribution is -0.122. The molecule has 0 spiro atoms. The number of anilines is 1. The molecule has 0 saturated heterocycles. The molecule has 5 amide bonds. The first-order valence-corrected chi connectivity index (χ1v) is 30.8. The Morgan fingerprint density at radius 1 is 0.738 bits per heavy atom. The molecule has 0 aliphatic carbocycles. The van der Waals surface area contributed by atoms with Crippen molar-refractivity contribution in [2.75, 3.05) is 26.0 Å². The quantitative estimate of drug-likeness (QED) is 0.0637. The van der Waals surface area contributed by atoms with E-state index in [0.717, 1.165) is 17.5 Å². The van der Waals surface area contributed by atoms with Gasteiger partial charge in [0.15, 0.2) is 5.78 Å². The molecule has 9 heterocycles. The van der Waals surface area contributed by atoms with E-state index >= 15 is 0 Å². The Morgan fingerprint density at radius 3 is 2.20 bits per heavy atom. The highest BCUT2D eigenvalue weighted by molar-refractivity contribution is 7.15.